The molecule has 0 atom stereocenters. The second kappa shape index (κ2) is 6.61. The lowest BCUT2D eigenvalue weighted by Gasteiger charge is -2.15. The molecule has 0 fully saturated rings. The summed E-state index contributed by atoms with van der Waals surface area (Å²) in [6, 6.07) is 11.9. The summed E-state index contributed by atoms with van der Waals surface area (Å²) in [5.74, 6) is 1.40. The zero-order valence-electron chi connectivity index (χ0n) is 14.0. The Morgan fingerprint density at radius 3 is 2.93 bits per heavy atom. The Morgan fingerprint density at radius 1 is 1.15 bits per heavy atom. The van der Waals surface area contributed by atoms with Crippen molar-refractivity contribution in [2.75, 3.05) is 6.61 Å². The van der Waals surface area contributed by atoms with E-state index in [1.165, 1.54) is 15.9 Å². The van der Waals surface area contributed by atoms with Crippen molar-refractivity contribution in [3.8, 4) is 5.75 Å². The SMILES string of the molecule is O=c1/c(=C\C2=Cc3ccccc3OC2)sc2nc(/C=C/c3cccs3)nn12. The molecule has 5 nitrogen and oxygen atoms in total. The monoisotopic (exact) mass is 391 g/mol. The first-order chi connectivity index (χ1) is 13.3. The van der Waals surface area contributed by atoms with E-state index in [0.29, 0.717) is 21.9 Å². The van der Waals surface area contributed by atoms with Crippen molar-refractivity contribution in [3.05, 3.63) is 78.5 Å². The zero-order chi connectivity index (χ0) is 18.2. The first kappa shape index (κ1) is 16.2. The minimum absolute atomic E-state index is 0.155. The van der Waals surface area contributed by atoms with E-state index < -0.39 is 0 Å². The number of thiazole rings is 1. The van der Waals surface area contributed by atoms with Crippen molar-refractivity contribution in [2.24, 2.45) is 0 Å². The Labute approximate surface area is 162 Å². The number of thiophene rings is 1. The quantitative estimate of drug-likeness (QED) is 0.537. The predicted molar refractivity (Wildman–Crippen MR) is 110 cm³/mol. The van der Waals surface area contributed by atoms with Crippen LogP contribution in [-0.4, -0.2) is 21.2 Å². The van der Waals surface area contributed by atoms with Gasteiger partial charge in [-0.1, -0.05) is 35.6 Å². The molecule has 0 unspecified atom stereocenters. The smallest absolute Gasteiger partial charge is 0.291 e. The van der Waals surface area contributed by atoms with Gasteiger partial charge in [0.15, 0.2) is 5.82 Å². The van der Waals surface area contributed by atoms with Gasteiger partial charge >= 0.3 is 0 Å². The van der Waals surface area contributed by atoms with Crippen LogP contribution in [-0.2, 0) is 0 Å². The summed E-state index contributed by atoms with van der Waals surface area (Å²) in [7, 11) is 0. The third-order valence-electron chi connectivity index (χ3n) is 4.11. The number of para-hydroxylation sites is 1. The molecule has 1 aromatic carbocycles. The van der Waals surface area contributed by atoms with Gasteiger partial charge in [-0.25, -0.2) is 0 Å². The highest BCUT2D eigenvalue weighted by atomic mass is 32.1. The molecule has 0 spiro atoms. The number of nitrogens with zero attached hydrogens (tertiary/aromatic N) is 3. The molecule has 0 amide bonds. The van der Waals surface area contributed by atoms with Gasteiger partial charge in [-0.3, -0.25) is 4.79 Å². The molecular weight excluding hydrogens is 378 g/mol. The summed E-state index contributed by atoms with van der Waals surface area (Å²) in [6.45, 7) is 0.443. The van der Waals surface area contributed by atoms with Gasteiger partial charge in [0.25, 0.3) is 5.56 Å². The summed E-state index contributed by atoms with van der Waals surface area (Å²) in [5, 5.41) is 6.32. The van der Waals surface area contributed by atoms with E-state index in [4.69, 9.17) is 4.74 Å². The average Bonchev–Trinajstić information content (AvgIpc) is 3.40. The second-order valence-electron chi connectivity index (χ2n) is 5.97. The lowest BCUT2D eigenvalue weighted by atomic mass is 10.1. The molecular formula is C20H13N3O2S2. The fraction of sp³-hybridized carbons (Fsp3) is 0.0500. The Kier molecular flexibility index (Phi) is 3.95. The maximum absolute atomic E-state index is 12.6. The highest BCUT2D eigenvalue weighted by molar-refractivity contribution is 7.15. The molecule has 1 aliphatic heterocycles. The van der Waals surface area contributed by atoms with Gasteiger partial charge < -0.3 is 4.74 Å². The normalized spacial score (nSPS) is 14.5. The number of aromatic nitrogens is 3. The zero-order valence-corrected chi connectivity index (χ0v) is 15.7. The van der Waals surface area contributed by atoms with Crippen LogP contribution >= 0.6 is 22.7 Å². The molecule has 4 aromatic rings. The molecule has 132 valence electrons. The van der Waals surface area contributed by atoms with E-state index in [1.807, 2.05) is 66.1 Å². The fourth-order valence-corrected chi connectivity index (χ4v) is 4.40. The lowest BCUT2D eigenvalue weighted by Crippen LogP contribution is -2.24. The summed E-state index contributed by atoms with van der Waals surface area (Å²) >= 11 is 2.98. The summed E-state index contributed by atoms with van der Waals surface area (Å²) in [4.78, 5) is 18.8. The number of fused-ring (bicyclic) bond motifs is 2. The molecule has 0 bridgehead atoms. The Morgan fingerprint density at radius 2 is 2.07 bits per heavy atom. The second-order valence-corrected chi connectivity index (χ2v) is 7.96. The standard InChI is InChI=1S/C20H13N3O2S2/c24-19-17(11-13-10-14-4-1-2-6-16(14)25-12-13)27-20-21-18(22-23(19)20)8-7-15-5-3-9-26-15/h1-11H,12H2/b8-7+,17-11+. The van der Waals surface area contributed by atoms with Gasteiger partial charge in [0.05, 0.1) is 4.53 Å². The largest absolute Gasteiger partial charge is 0.488 e. The first-order valence-electron chi connectivity index (χ1n) is 8.31. The molecule has 1 aliphatic rings. The van der Waals surface area contributed by atoms with Crippen molar-refractivity contribution in [1.29, 1.82) is 0 Å². The molecule has 5 rings (SSSR count). The Hall–Kier alpha value is -3.03. The number of ether oxygens (including phenoxy) is 1. The topological polar surface area (TPSA) is 56.5 Å². The van der Waals surface area contributed by atoms with Gasteiger partial charge in [0.2, 0.25) is 4.96 Å². The first-order valence-corrected chi connectivity index (χ1v) is 10.0. The maximum atomic E-state index is 12.6. The van der Waals surface area contributed by atoms with Crippen LogP contribution in [0.1, 0.15) is 16.3 Å². The predicted octanol–water partition coefficient (Wildman–Crippen LogP) is 3.36. The van der Waals surface area contributed by atoms with Crippen molar-refractivity contribution in [2.45, 2.75) is 0 Å². The molecule has 4 heterocycles. The summed E-state index contributed by atoms with van der Waals surface area (Å²) in [5.41, 5.74) is 1.81. The number of benzene rings is 1. The number of hydrogen-bond acceptors (Lipinski definition) is 6. The van der Waals surface area contributed by atoms with Crippen LogP contribution in [0.25, 0.3) is 29.3 Å². The fourth-order valence-electron chi connectivity index (χ4n) is 2.85. The van der Waals surface area contributed by atoms with Gasteiger partial charge in [-0.15, -0.1) is 16.4 Å². The molecule has 7 heteroatoms. The van der Waals surface area contributed by atoms with Gasteiger partial charge in [0.1, 0.15) is 12.4 Å². The van der Waals surface area contributed by atoms with E-state index in [2.05, 4.69) is 10.1 Å². The van der Waals surface area contributed by atoms with E-state index in [9.17, 15) is 4.79 Å². The van der Waals surface area contributed by atoms with Crippen molar-refractivity contribution < 1.29 is 4.74 Å². The molecule has 27 heavy (non-hydrogen) atoms. The van der Waals surface area contributed by atoms with Crippen LogP contribution in [0.2, 0.25) is 0 Å². The molecule has 3 aromatic heterocycles. The van der Waals surface area contributed by atoms with Crippen LogP contribution in [0, 0.1) is 0 Å². The van der Waals surface area contributed by atoms with E-state index >= 15 is 0 Å². The van der Waals surface area contributed by atoms with Crippen LogP contribution in [0.3, 0.4) is 0 Å². The van der Waals surface area contributed by atoms with Crippen molar-refractivity contribution in [3.63, 3.8) is 0 Å². The van der Waals surface area contributed by atoms with Gasteiger partial charge in [-0.05, 0) is 47.4 Å². The highest BCUT2D eigenvalue weighted by Crippen LogP contribution is 2.26. The molecule has 0 N–H and O–H groups in total. The van der Waals surface area contributed by atoms with Crippen LogP contribution < -0.4 is 14.8 Å². The maximum Gasteiger partial charge on any atom is 0.291 e. The van der Waals surface area contributed by atoms with Crippen LogP contribution in [0.4, 0.5) is 0 Å². The lowest BCUT2D eigenvalue weighted by molar-refractivity contribution is 0.352. The van der Waals surface area contributed by atoms with Crippen LogP contribution in [0.5, 0.6) is 5.75 Å². The summed E-state index contributed by atoms with van der Waals surface area (Å²) in [6.07, 6.45) is 7.68. The minimum atomic E-state index is -0.155. The molecule has 0 saturated carbocycles. The highest BCUT2D eigenvalue weighted by Gasteiger charge is 2.12. The molecule has 0 radical (unpaired) electrons. The third-order valence-corrected chi connectivity index (χ3v) is 5.91. The van der Waals surface area contributed by atoms with Gasteiger partial charge in [0, 0.05) is 10.4 Å². The molecule has 0 saturated heterocycles. The number of rotatable bonds is 3. The summed E-state index contributed by atoms with van der Waals surface area (Å²) < 4.78 is 7.72. The van der Waals surface area contributed by atoms with Crippen molar-refractivity contribution in [1.82, 2.24) is 14.6 Å². The van der Waals surface area contributed by atoms with E-state index in [-0.39, 0.29) is 5.56 Å². The Bertz CT molecular complexity index is 1300. The minimum Gasteiger partial charge on any atom is -0.488 e. The Balaban J connectivity index is 1.49. The van der Waals surface area contributed by atoms with E-state index in [1.54, 1.807) is 11.3 Å². The number of hydrogen-bond donors (Lipinski definition) is 0. The van der Waals surface area contributed by atoms with E-state index in [0.717, 1.165) is 21.8 Å². The third kappa shape index (κ3) is 3.11. The average molecular weight is 391 g/mol. The van der Waals surface area contributed by atoms with Crippen molar-refractivity contribution >= 4 is 51.9 Å². The molecule has 0 aliphatic carbocycles. The van der Waals surface area contributed by atoms with Crippen LogP contribution in [0.15, 0.2) is 52.1 Å². The van der Waals surface area contributed by atoms with Gasteiger partial charge in [-0.2, -0.15) is 9.50 Å².